The third-order valence-corrected chi connectivity index (χ3v) is 4.18. The molecular formula is C23H30O. The molecule has 128 valence electrons. The quantitative estimate of drug-likeness (QED) is 0.651. The molecule has 0 bridgehead atoms. The van der Waals surface area contributed by atoms with Crippen LogP contribution in [0.25, 0.3) is 0 Å². The molecular weight excluding hydrogens is 292 g/mol. The van der Waals surface area contributed by atoms with Crippen LogP contribution in [-0.4, -0.2) is 5.11 Å². The topological polar surface area (TPSA) is 20.2 Å². The molecule has 1 aliphatic rings. The summed E-state index contributed by atoms with van der Waals surface area (Å²) in [7, 11) is 0. The van der Waals surface area contributed by atoms with E-state index in [2.05, 4.69) is 30.2 Å². The van der Waals surface area contributed by atoms with E-state index in [1.807, 2.05) is 53.7 Å². The van der Waals surface area contributed by atoms with Gasteiger partial charge in [-0.2, -0.15) is 0 Å². The fourth-order valence-corrected chi connectivity index (χ4v) is 3.06. The predicted molar refractivity (Wildman–Crippen MR) is 104 cm³/mol. The monoisotopic (exact) mass is 322 g/mol. The van der Waals surface area contributed by atoms with Crippen molar-refractivity contribution in [1.82, 2.24) is 0 Å². The van der Waals surface area contributed by atoms with Crippen LogP contribution in [0.2, 0.25) is 0 Å². The SMILES string of the molecule is C#CC1(O)c2cc(C)ccc2CCc2ccc(C)cc21.CC.CC. The van der Waals surface area contributed by atoms with Crippen molar-refractivity contribution in [3.8, 4) is 12.3 Å². The minimum atomic E-state index is -1.32. The van der Waals surface area contributed by atoms with Crippen molar-refractivity contribution in [2.75, 3.05) is 0 Å². The lowest BCUT2D eigenvalue weighted by Crippen LogP contribution is -2.26. The van der Waals surface area contributed by atoms with Crippen molar-refractivity contribution in [3.63, 3.8) is 0 Å². The first-order valence-electron chi connectivity index (χ1n) is 8.95. The average Bonchev–Trinajstić information content (AvgIpc) is 2.74. The molecule has 0 saturated heterocycles. The van der Waals surface area contributed by atoms with Gasteiger partial charge in [0.1, 0.15) is 0 Å². The molecule has 2 aromatic rings. The van der Waals surface area contributed by atoms with Crippen LogP contribution in [-0.2, 0) is 18.4 Å². The molecule has 1 heteroatoms. The van der Waals surface area contributed by atoms with Gasteiger partial charge in [0.15, 0.2) is 5.60 Å². The molecule has 0 radical (unpaired) electrons. The molecule has 0 amide bonds. The third kappa shape index (κ3) is 3.71. The van der Waals surface area contributed by atoms with Crippen molar-refractivity contribution in [3.05, 3.63) is 69.8 Å². The number of rotatable bonds is 0. The van der Waals surface area contributed by atoms with Gasteiger partial charge in [-0.25, -0.2) is 0 Å². The lowest BCUT2D eigenvalue weighted by Gasteiger charge is -2.26. The first-order chi connectivity index (χ1) is 11.5. The summed E-state index contributed by atoms with van der Waals surface area (Å²) in [6.45, 7) is 12.1. The van der Waals surface area contributed by atoms with Gasteiger partial charge in [0.2, 0.25) is 0 Å². The van der Waals surface area contributed by atoms with Crippen LogP contribution in [0.15, 0.2) is 36.4 Å². The second-order valence-electron chi connectivity index (χ2n) is 5.68. The zero-order valence-corrected chi connectivity index (χ0v) is 15.9. The number of hydrogen-bond donors (Lipinski definition) is 1. The Morgan fingerprint density at radius 1 is 0.833 bits per heavy atom. The van der Waals surface area contributed by atoms with E-state index in [1.165, 1.54) is 0 Å². The fraction of sp³-hybridized carbons (Fsp3) is 0.391. The first-order valence-corrected chi connectivity index (χ1v) is 8.95. The maximum atomic E-state index is 11.2. The summed E-state index contributed by atoms with van der Waals surface area (Å²) in [6.07, 6.45) is 7.56. The van der Waals surface area contributed by atoms with Gasteiger partial charge in [-0.05, 0) is 37.8 Å². The van der Waals surface area contributed by atoms with E-state index in [1.54, 1.807) is 0 Å². The number of benzene rings is 2. The molecule has 24 heavy (non-hydrogen) atoms. The highest BCUT2D eigenvalue weighted by Gasteiger charge is 2.35. The highest BCUT2D eigenvalue weighted by atomic mass is 16.3. The third-order valence-electron chi connectivity index (χ3n) is 4.18. The van der Waals surface area contributed by atoms with Crippen LogP contribution < -0.4 is 0 Å². The molecule has 3 rings (SSSR count). The maximum absolute atomic E-state index is 11.2. The minimum Gasteiger partial charge on any atom is -0.369 e. The van der Waals surface area contributed by atoms with E-state index in [-0.39, 0.29) is 0 Å². The van der Waals surface area contributed by atoms with Gasteiger partial charge in [0.05, 0.1) is 0 Å². The summed E-state index contributed by atoms with van der Waals surface area (Å²) in [4.78, 5) is 0. The molecule has 1 aliphatic carbocycles. The number of hydrogen-bond acceptors (Lipinski definition) is 1. The Morgan fingerprint density at radius 3 is 1.54 bits per heavy atom. The van der Waals surface area contributed by atoms with Gasteiger partial charge in [-0.15, -0.1) is 6.42 Å². The lowest BCUT2D eigenvalue weighted by atomic mass is 9.83. The minimum absolute atomic E-state index is 0.865. The van der Waals surface area contributed by atoms with E-state index in [9.17, 15) is 5.11 Å². The zero-order chi connectivity index (χ0) is 18.3. The smallest absolute Gasteiger partial charge is 0.177 e. The van der Waals surface area contributed by atoms with Crippen LogP contribution in [0.1, 0.15) is 61.1 Å². The molecule has 0 fully saturated rings. The van der Waals surface area contributed by atoms with Gasteiger partial charge < -0.3 is 5.11 Å². The Kier molecular flexibility index (Phi) is 7.26. The van der Waals surface area contributed by atoms with Crippen LogP contribution in [0.4, 0.5) is 0 Å². The van der Waals surface area contributed by atoms with E-state index < -0.39 is 5.60 Å². The van der Waals surface area contributed by atoms with E-state index in [4.69, 9.17) is 6.42 Å². The summed E-state index contributed by atoms with van der Waals surface area (Å²) in [5.41, 5.74) is 4.93. The Balaban J connectivity index is 0.000000671. The molecule has 1 N–H and O–H groups in total. The number of aryl methyl sites for hydroxylation is 4. The summed E-state index contributed by atoms with van der Waals surface area (Å²) < 4.78 is 0. The van der Waals surface area contributed by atoms with Gasteiger partial charge >= 0.3 is 0 Å². The van der Waals surface area contributed by atoms with Crippen LogP contribution in [0.3, 0.4) is 0 Å². The van der Waals surface area contributed by atoms with Gasteiger partial charge in [-0.3, -0.25) is 0 Å². The fourth-order valence-electron chi connectivity index (χ4n) is 3.06. The van der Waals surface area contributed by atoms with Crippen molar-refractivity contribution in [2.45, 2.75) is 60.0 Å². The summed E-state index contributed by atoms with van der Waals surface area (Å²) in [5, 5.41) is 11.2. The molecule has 1 nitrogen and oxygen atoms in total. The number of fused-ring (bicyclic) bond motifs is 2. The van der Waals surface area contributed by atoms with Crippen LogP contribution in [0.5, 0.6) is 0 Å². The molecule has 0 aromatic heterocycles. The molecule has 0 unspecified atom stereocenters. The second-order valence-corrected chi connectivity index (χ2v) is 5.68. The highest BCUT2D eigenvalue weighted by molar-refractivity contribution is 5.54. The van der Waals surface area contributed by atoms with Gasteiger partial charge in [-0.1, -0.05) is 81.1 Å². The second kappa shape index (κ2) is 8.71. The molecule has 0 heterocycles. The van der Waals surface area contributed by atoms with Crippen molar-refractivity contribution < 1.29 is 5.11 Å². The predicted octanol–water partition coefficient (Wildman–Crippen LogP) is 5.32. The molecule has 0 aliphatic heterocycles. The largest absolute Gasteiger partial charge is 0.369 e. The van der Waals surface area contributed by atoms with Crippen molar-refractivity contribution >= 4 is 0 Å². The maximum Gasteiger partial charge on any atom is 0.177 e. The zero-order valence-electron chi connectivity index (χ0n) is 15.9. The van der Waals surface area contributed by atoms with Gasteiger partial charge in [0, 0.05) is 11.1 Å². The summed E-state index contributed by atoms with van der Waals surface area (Å²) >= 11 is 0. The van der Waals surface area contributed by atoms with E-state index in [0.717, 1.165) is 46.2 Å². The number of aliphatic hydroxyl groups is 1. The lowest BCUT2D eigenvalue weighted by molar-refractivity contribution is 0.144. The highest BCUT2D eigenvalue weighted by Crippen LogP contribution is 2.38. The molecule has 2 aromatic carbocycles. The summed E-state index contributed by atoms with van der Waals surface area (Å²) in [5.74, 6) is 2.64. The van der Waals surface area contributed by atoms with Crippen molar-refractivity contribution in [2.24, 2.45) is 0 Å². The van der Waals surface area contributed by atoms with E-state index >= 15 is 0 Å². The number of terminal acetylenes is 1. The Morgan fingerprint density at radius 2 is 1.21 bits per heavy atom. The Labute approximate surface area is 147 Å². The van der Waals surface area contributed by atoms with Gasteiger partial charge in [0.25, 0.3) is 0 Å². The van der Waals surface area contributed by atoms with E-state index in [0.29, 0.717) is 0 Å². The molecule has 0 saturated carbocycles. The normalized spacial score (nSPS) is 13.6. The first kappa shape index (κ1) is 20.0. The average molecular weight is 322 g/mol. The standard InChI is InChI=1S/C19H18O.2C2H6/c1-4-19(20)17-11-13(2)5-7-15(17)9-10-16-8-6-14(3)12-18(16)19;2*1-2/h1,5-8,11-12,20H,9-10H2,2-3H3;2*1-2H3. The van der Waals surface area contributed by atoms with Crippen LogP contribution >= 0.6 is 0 Å². The van der Waals surface area contributed by atoms with Crippen LogP contribution in [0, 0.1) is 26.2 Å². The summed E-state index contributed by atoms with van der Waals surface area (Å²) in [6, 6.07) is 12.4. The molecule has 0 atom stereocenters. The molecule has 0 spiro atoms. The Bertz CT molecular complexity index is 666. The Hall–Kier alpha value is -2.04. The van der Waals surface area contributed by atoms with Crippen molar-refractivity contribution in [1.29, 1.82) is 0 Å².